The maximum Gasteiger partial charge on any atom is 0.268 e. The zero-order valence-corrected chi connectivity index (χ0v) is 23.1. The molecule has 1 aliphatic heterocycles. The van der Waals surface area contributed by atoms with E-state index in [2.05, 4.69) is 43.6 Å². The SMILES string of the molecule is COc1cc(NC(=O)C(O)NC(C)(C)CN2CCN(Cc3ccc4ccccc4n3)CC2)ccc1-c1cnco1. The summed E-state index contributed by atoms with van der Waals surface area (Å²) in [4.78, 5) is 26.3. The smallest absolute Gasteiger partial charge is 0.268 e. The minimum absolute atomic E-state index is 0.493. The van der Waals surface area contributed by atoms with Crippen molar-refractivity contribution in [2.24, 2.45) is 0 Å². The number of hydrogen-bond acceptors (Lipinski definition) is 9. The number of para-hydroxylation sites is 1. The number of amides is 1. The fourth-order valence-electron chi connectivity index (χ4n) is 5.10. The Bertz CT molecular complexity index is 1430. The van der Waals surface area contributed by atoms with Crippen LogP contribution in [0.15, 0.2) is 71.6 Å². The standard InChI is InChI=1S/C30H36N6O4/c1-30(2,19-36-14-12-35(13-15-36)18-23-9-8-21-6-4-5-7-25(21)32-23)34-29(38)28(37)33-22-10-11-24(26(16-22)39-3)27-17-31-20-40-27/h4-11,16-17,20,29,34,38H,12-15,18-19H2,1-3H3,(H,33,37). The number of benzene rings is 2. The molecule has 1 atom stereocenters. The van der Waals surface area contributed by atoms with Crippen LogP contribution < -0.4 is 15.4 Å². The van der Waals surface area contributed by atoms with Gasteiger partial charge in [0.25, 0.3) is 5.91 Å². The highest BCUT2D eigenvalue weighted by Crippen LogP contribution is 2.32. The van der Waals surface area contributed by atoms with Gasteiger partial charge in [0.05, 0.1) is 30.1 Å². The summed E-state index contributed by atoms with van der Waals surface area (Å²) >= 11 is 0. The summed E-state index contributed by atoms with van der Waals surface area (Å²) in [5.41, 5.74) is 2.82. The van der Waals surface area contributed by atoms with Crippen LogP contribution in [0.2, 0.25) is 0 Å². The lowest BCUT2D eigenvalue weighted by Gasteiger charge is -2.39. The molecule has 210 valence electrons. The molecule has 5 rings (SSSR count). The lowest BCUT2D eigenvalue weighted by atomic mass is 10.0. The molecule has 1 fully saturated rings. The Morgan fingerprint density at radius 1 is 1.10 bits per heavy atom. The van der Waals surface area contributed by atoms with E-state index in [0.29, 0.717) is 29.3 Å². The highest BCUT2D eigenvalue weighted by molar-refractivity contribution is 5.94. The number of anilines is 1. The third-order valence-electron chi connectivity index (χ3n) is 7.07. The van der Waals surface area contributed by atoms with Crippen LogP contribution in [-0.4, -0.2) is 82.4 Å². The number of oxazole rings is 1. The van der Waals surface area contributed by atoms with Gasteiger partial charge in [0.1, 0.15) is 5.75 Å². The van der Waals surface area contributed by atoms with E-state index in [0.717, 1.165) is 49.3 Å². The van der Waals surface area contributed by atoms with E-state index in [9.17, 15) is 9.90 Å². The highest BCUT2D eigenvalue weighted by Gasteiger charge is 2.29. The van der Waals surface area contributed by atoms with E-state index in [1.54, 1.807) is 31.5 Å². The van der Waals surface area contributed by atoms with E-state index in [-0.39, 0.29) is 0 Å². The molecule has 1 amide bonds. The van der Waals surface area contributed by atoms with Gasteiger partial charge in [0, 0.05) is 61.9 Å². The molecule has 0 bridgehead atoms. The van der Waals surface area contributed by atoms with Crippen molar-refractivity contribution in [1.29, 1.82) is 0 Å². The summed E-state index contributed by atoms with van der Waals surface area (Å²) in [6.07, 6.45) is 1.56. The molecule has 1 unspecified atom stereocenters. The quantitative estimate of drug-likeness (QED) is 0.259. The zero-order valence-electron chi connectivity index (χ0n) is 23.1. The van der Waals surface area contributed by atoms with E-state index in [1.165, 1.54) is 6.39 Å². The Morgan fingerprint density at radius 3 is 2.62 bits per heavy atom. The number of aliphatic hydroxyl groups is 1. The first-order valence-corrected chi connectivity index (χ1v) is 13.4. The minimum atomic E-state index is -1.38. The first kappa shape index (κ1) is 27.7. The third kappa shape index (κ3) is 6.83. The second-order valence-corrected chi connectivity index (χ2v) is 10.7. The van der Waals surface area contributed by atoms with Gasteiger partial charge in [0.15, 0.2) is 18.4 Å². The zero-order chi connectivity index (χ0) is 28.1. The Kier molecular flexibility index (Phi) is 8.41. The lowest BCUT2D eigenvalue weighted by molar-refractivity contribution is -0.126. The number of piperazine rings is 1. The molecule has 0 saturated carbocycles. The average Bonchev–Trinajstić information content (AvgIpc) is 3.48. The third-order valence-corrected chi connectivity index (χ3v) is 7.07. The number of aliphatic hydroxyl groups excluding tert-OH is 1. The number of nitrogens with one attached hydrogen (secondary N) is 2. The topological polar surface area (TPSA) is 116 Å². The molecule has 1 aliphatic rings. The molecular weight excluding hydrogens is 508 g/mol. The van der Waals surface area contributed by atoms with Crippen molar-refractivity contribution in [1.82, 2.24) is 25.1 Å². The van der Waals surface area contributed by atoms with Gasteiger partial charge in [-0.2, -0.15) is 0 Å². The molecule has 10 nitrogen and oxygen atoms in total. The van der Waals surface area contributed by atoms with Gasteiger partial charge in [0.2, 0.25) is 0 Å². The van der Waals surface area contributed by atoms with Crippen molar-refractivity contribution in [3.05, 3.63) is 72.9 Å². The van der Waals surface area contributed by atoms with Crippen LogP contribution in [0, 0.1) is 0 Å². The number of aromatic nitrogens is 2. The Balaban J connectivity index is 1.10. The maximum atomic E-state index is 12.8. The molecular formula is C30H36N6O4. The fraction of sp³-hybridized carbons (Fsp3) is 0.367. The molecule has 10 heteroatoms. The van der Waals surface area contributed by atoms with Crippen molar-refractivity contribution in [2.75, 3.05) is 45.2 Å². The van der Waals surface area contributed by atoms with Gasteiger partial charge < -0.3 is 19.6 Å². The van der Waals surface area contributed by atoms with Gasteiger partial charge in [-0.25, -0.2) is 4.98 Å². The fourth-order valence-corrected chi connectivity index (χ4v) is 5.10. The van der Waals surface area contributed by atoms with Gasteiger partial charge in [-0.1, -0.05) is 24.3 Å². The second kappa shape index (κ2) is 12.1. The van der Waals surface area contributed by atoms with E-state index in [4.69, 9.17) is 14.1 Å². The van der Waals surface area contributed by atoms with Gasteiger partial charge in [-0.15, -0.1) is 0 Å². The van der Waals surface area contributed by atoms with E-state index >= 15 is 0 Å². The summed E-state index contributed by atoms with van der Waals surface area (Å²) in [6.45, 7) is 9.16. The summed E-state index contributed by atoms with van der Waals surface area (Å²) in [7, 11) is 1.54. The molecule has 3 heterocycles. The molecule has 40 heavy (non-hydrogen) atoms. The van der Waals surface area contributed by atoms with Crippen molar-refractivity contribution >= 4 is 22.5 Å². The number of methoxy groups -OCH3 is 1. The lowest BCUT2D eigenvalue weighted by Crippen LogP contribution is -2.58. The van der Waals surface area contributed by atoms with Crippen molar-refractivity contribution in [3.63, 3.8) is 0 Å². The Labute approximate surface area is 234 Å². The molecule has 0 radical (unpaired) electrons. The largest absolute Gasteiger partial charge is 0.496 e. The van der Waals surface area contributed by atoms with Crippen molar-refractivity contribution < 1.29 is 19.1 Å². The first-order valence-electron chi connectivity index (χ1n) is 13.4. The molecule has 0 spiro atoms. The number of pyridine rings is 1. The predicted molar refractivity (Wildman–Crippen MR) is 154 cm³/mol. The van der Waals surface area contributed by atoms with Crippen LogP contribution in [0.5, 0.6) is 5.75 Å². The number of fused-ring (bicyclic) bond motifs is 1. The van der Waals surface area contributed by atoms with E-state index in [1.807, 2.05) is 32.0 Å². The molecule has 3 N–H and O–H groups in total. The normalized spacial score (nSPS) is 15.7. The summed E-state index contributed by atoms with van der Waals surface area (Å²) in [5.74, 6) is 0.535. The number of nitrogens with zero attached hydrogens (tertiary/aromatic N) is 4. The van der Waals surface area contributed by atoms with Crippen LogP contribution in [-0.2, 0) is 11.3 Å². The van der Waals surface area contributed by atoms with Crippen LogP contribution >= 0.6 is 0 Å². The Morgan fingerprint density at radius 2 is 1.88 bits per heavy atom. The first-order chi connectivity index (χ1) is 19.3. The maximum absolute atomic E-state index is 12.8. The number of ether oxygens (including phenoxy) is 1. The number of rotatable bonds is 10. The average molecular weight is 545 g/mol. The van der Waals surface area contributed by atoms with Crippen molar-refractivity contribution in [3.8, 4) is 17.1 Å². The van der Waals surface area contributed by atoms with Gasteiger partial charge in [-0.05, 0) is 38.1 Å². The summed E-state index contributed by atoms with van der Waals surface area (Å²) in [5, 5.41) is 17.6. The number of carbonyl (C=O) groups is 1. The van der Waals surface area contributed by atoms with Crippen LogP contribution in [0.1, 0.15) is 19.5 Å². The van der Waals surface area contributed by atoms with Crippen LogP contribution in [0.3, 0.4) is 0 Å². The van der Waals surface area contributed by atoms with Crippen molar-refractivity contribution in [2.45, 2.75) is 32.2 Å². The second-order valence-electron chi connectivity index (χ2n) is 10.7. The molecule has 2 aromatic heterocycles. The Hall–Kier alpha value is -3.83. The highest BCUT2D eigenvalue weighted by atomic mass is 16.5. The number of hydrogen-bond donors (Lipinski definition) is 3. The van der Waals surface area contributed by atoms with Crippen LogP contribution in [0.25, 0.3) is 22.2 Å². The van der Waals surface area contributed by atoms with Crippen LogP contribution in [0.4, 0.5) is 5.69 Å². The minimum Gasteiger partial charge on any atom is -0.496 e. The predicted octanol–water partition coefficient (Wildman–Crippen LogP) is 3.34. The molecule has 2 aromatic carbocycles. The molecule has 4 aromatic rings. The van der Waals surface area contributed by atoms with E-state index < -0.39 is 17.7 Å². The molecule has 0 aliphatic carbocycles. The number of carbonyl (C=O) groups excluding carboxylic acids is 1. The van der Waals surface area contributed by atoms with Gasteiger partial charge in [-0.3, -0.25) is 24.9 Å². The summed E-state index contributed by atoms with van der Waals surface area (Å²) in [6, 6.07) is 17.6. The monoisotopic (exact) mass is 544 g/mol. The summed E-state index contributed by atoms with van der Waals surface area (Å²) < 4.78 is 10.8. The van der Waals surface area contributed by atoms with Gasteiger partial charge >= 0.3 is 0 Å². The molecule has 1 saturated heterocycles.